The van der Waals surface area contributed by atoms with Crippen molar-refractivity contribution in [2.24, 2.45) is 17.8 Å². The maximum Gasteiger partial charge on any atom is 0.331 e. The summed E-state index contributed by atoms with van der Waals surface area (Å²) in [7, 11) is 0. The van der Waals surface area contributed by atoms with Gasteiger partial charge in [-0.1, -0.05) is 27.2 Å². The van der Waals surface area contributed by atoms with Gasteiger partial charge in [0.1, 0.15) is 5.92 Å². The predicted molar refractivity (Wildman–Crippen MR) is 74.7 cm³/mol. The fraction of sp³-hybridized carbons (Fsp3) is 0.800. The van der Waals surface area contributed by atoms with Crippen LogP contribution in [0.5, 0.6) is 0 Å². The Morgan fingerprint density at radius 1 is 1.10 bits per heavy atom. The molecule has 0 aromatic rings. The highest BCUT2D eigenvalue weighted by molar-refractivity contribution is 6.16. The minimum Gasteiger partial charge on any atom is -0.277 e. The van der Waals surface area contributed by atoms with Crippen molar-refractivity contribution in [2.45, 2.75) is 58.9 Å². The van der Waals surface area contributed by atoms with E-state index < -0.39 is 17.9 Å². The number of hydrogen-bond donors (Lipinski definition) is 1. The van der Waals surface area contributed by atoms with E-state index in [-0.39, 0.29) is 11.9 Å². The average molecular weight is 280 g/mol. The standard InChI is InChI=1S/C15H24N2O3/c1-4-5-12-13(18)16-15(20)17(14(12)19)11-7-9(2)6-10(3)8-11/h9-12H,4-8H2,1-3H3,(H,16,18,20). The van der Waals surface area contributed by atoms with Crippen molar-refractivity contribution in [2.75, 3.05) is 0 Å². The van der Waals surface area contributed by atoms with Crippen LogP contribution in [0.2, 0.25) is 0 Å². The van der Waals surface area contributed by atoms with Gasteiger partial charge in [-0.05, 0) is 37.5 Å². The first kappa shape index (κ1) is 15.0. The van der Waals surface area contributed by atoms with E-state index in [0.29, 0.717) is 18.3 Å². The summed E-state index contributed by atoms with van der Waals surface area (Å²) in [5, 5.41) is 2.35. The molecule has 0 radical (unpaired) electrons. The van der Waals surface area contributed by atoms with Gasteiger partial charge in [0.25, 0.3) is 0 Å². The zero-order chi connectivity index (χ0) is 14.9. The van der Waals surface area contributed by atoms with E-state index in [0.717, 1.165) is 25.7 Å². The number of carbonyl (C=O) groups excluding carboxylic acids is 3. The molecule has 1 saturated heterocycles. The van der Waals surface area contributed by atoms with E-state index >= 15 is 0 Å². The van der Waals surface area contributed by atoms with E-state index in [1.54, 1.807) is 0 Å². The van der Waals surface area contributed by atoms with Gasteiger partial charge < -0.3 is 0 Å². The van der Waals surface area contributed by atoms with Crippen molar-refractivity contribution in [1.82, 2.24) is 10.2 Å². The molecule has 3 unspecified atom stereocenters. The van der Waals surface area contributed by atoms with Crippen LogP contribution in [0.15, 0.2) is 0 Å². The summed E-state index contributed by atoms with van der Waals surface area (Å²) in [6, 6.07) is -0.590. The second-order valence-electron chi connectivity index (χ2n) is 6.42. The molecule has 1 N–H and O–H groups in total. The second-order valence-corrected chi connectivity index (χ2v) is 6.42. The van der Waals surface area contributed by atoms with Crippen LogP contribution < -0.4 is 5.32 Å². The summed E-state index contributed by atoms with van der Waals surface area (Å²) in [5.74, 6) is -0.412. The van der Waals surface area contributed by atoms with E-state index in [9.17, 15) is 14.4 Å². The maximum absolute atomic E-state index is 12.5. The van der Waals surface area contributed by atoms with Crippen LogP contribution in [0.1, 0.15) is 52.9 Å². The number of nitrogens with zero attached hydrogens (tertiary/aromatic N) is 1. The molecular formula is C15H24N2O3. The third-order valence-electron chi connectivity index (χ3n) is 4.40. The minimum atomic E-state index is -0.690. The molecule has 1 heterocycles. The topological polar surface area (TPSA) is 66.5 Å². The Morgan fingerprint density at radius 2 is 1.70 bits per heavy atom. The van der Waals surface area contributed by atoms with E-state index in [2.05, 4.69) is 19.2 Å². The number of rotatable bonds is 3. The fourth-order valence-electron chi connectivity index (χ4n) is 3.64. The van der Waals surface area contributed by atoms with Crippen molar-refractivity contribution in [3.63, 3.8) is 0 Å². The fourth-order valence-corrected chi connectivity index (χ4v) is 3.64. The van der Waals surface area contributed by atoms with E-state index in [1.807, 2.05) is 6.92 Å². The smallest absolute Gasteiger partial charge is 0.277 e. The Bertz CT molecular complexity index is 411. The van der Waals surface area contributed by atoms with Crippen molar-refractivity contribution < 1.29 is 14.4 Å². The summed E-state index contributed by atoms with van der Waals surface area (Å²) in [5.41, 5.74) is 0. The summed E-state index contributed by atoms with van der Waals surface area (Å²) in [6.07, 6.45) is 4.08. The lowest BCUT2D eigenvalue weighted by atomic mass is 9.79. The van der Waals surface area contributed by atoms with Gasteiger partial charge in [0.15, 0.2) is 0 Å². The lowest BCUT2D eigenvalue weighted by molar-refractivity contribution is -0.145. The highest BCUT2D eigenvalue weighted by Crippen LogP contribution is 2.33. The van der Waals surface area contributed by atoms with Crippen molar-refractivity contribution in [1.29, 1.82) is 0 Å². The molecule has 1 aliphatic carbocycles. The first-order valence-electron chi connectivity index (χ1n) is 7.61. The number of barbiturate groups is 1. The van der Waals surface area contributed by atoms with Gasteiger partial charge in [0.2, 0.25) is 11.8 Å². The van der Waals surface area contributed by atoms with Crippen LogP contribution in [0, 0.1) is 17.8 Å². The maximum atomic E-state index is 12.5. The normalized spacial score (nSPS) is 35.1. The number of hydrogen-bond acceptors (Lipinski definition) is 3. The molecule has 4 amide bonds. The van der Waals surface area contributed by atoms with Gasteiger partial charge in [0, 0.05) is 6.04 Å². The van der Waals surface area contributed by atoms with Gasteiger partial charge >= 0.3 is 6.03 Å². The Balaban J connectivity index is 2.18. The highest BCUT2D eigenvalue weighted by atomic mass is 16.2. The zero-order valence-electron chi connectivity index (χ0n) is 12.5. The molecule has 2 fully saturated rings. The quantitative estimate of drug-likeness (QED) is 0.807. The lowest BCUT2D eigenvalue weighted by Gasteiger charge is -2.40. The Morgan fingerprint density at radius 3 is 2.25 bits per heavy atom. The van der Waals surface area contributed by atoms with Gasteiger partial charge in [0.05, 0.1) is 0 Å². The third-order valence-corrected chi connectivity index (χ3v) is 4.40. The Labute approximate surface area is 120 Å². The highest BCUT2D eigenvalue weighted by Gasteiger charge is 2.44. The molecule has 112 valence electrons. The largest absolute Gasteiger partial charge is 0.331 e. The van der Waals surface area contributed by atoms with E-state index in [4.69, 9.17) is 0 Å². The molecule has 0 aromatic heterocycles. The van der Waals surface area contributed by atoms with E-state index in [1.165, 1.54) is 4.90 Å². The van der Waals surface area contributed by atoms with Gasteiger partial charge in [-0.25, -0.2) is 4.79 Å². The molecule has 5 nitrogen and oxygen atoms in total. The first-order valence-corrected chi connectivity index (χ1v) is 7.61. The minimum absolute atomic E-state index is 0.0614. The molecular weight excluding hydrogens is 256 g/mol. The summed E-state index contributed by atoms with van der Waals surface area (Å²) in [6.45, 7) is 6.25. The molecule has 0 spiro atoms. The predicted octanol–water partition coefficient (Wildman–Crippen LogP) is 2.31. The molecule has 5 heteroatoms. The number of amides is 4. The molecule has 3 atom stereocenters. The number of imide groups is 2. The summed E-state index contributed by atoms with van der Waals surface area (Å²) >= 11 is 0. The Hall–Kier alpha value is -1.39. The van der Waals surface area contributed by atoms with Crippen LogP contribution in [0.3, 0.4) is 0 Å². The average Bonchev–Trinajstić information content (AvgIpc) is 2.33. The van der Waals surface area contributed by atoms with Crippen LogP contribution in [0.25, 0.3) is 0 Å². The van der Waals surface area contributed by atoms with Crippen LogP contribution in [-0.4, -0.2) is 28.8 Å². The molecule has 2 rings (SSSR count). The van der Waals surface area contributed by atoms with Gasteiger partial charge in [-0.2, -0.15) is 0 Å². The van der Waals surface area contributed by atoms with Gasteiger partial charge in [-0.15, -0.1) is 0 Å². The molecule has 2 aliphatic rings. The Kier molecular flexibility index (Phi) is 4.45. The van der Waals surface area contributed by atoms with Crippen LogP contribution in [-0.2, 0) is 9.59 Å². The van der Waals surface area contributed by atoms with Crippen LogP contribution in [0.4, 0.5) is 4.79 Å². The zero-order valence-corrected chi connectivity index (χ0v) is 12.5. The van der Waals surface area contributed by atoms with Crippen molar-refractivity contribution >= 4 is 17.8 Å². The molecule has 20 heavy (non-hydrogen) atoms. The van der Waals surface area contributed by atoms with Crippen LogP contribution >= 0.6 is 0 Å². The van der Waals surface area contributed by atoms with Gasteiger partial charge in [-0.3, -0.25) is 19.8 Å². The van der Waals surface area contributed by atoms with Crippen molar-refractivity contribution in [3.8, 4) is 0 Å². The number of carbonyl (C=O) groups is 3. The number of nitrogens with one attached hydrogen (secondary N) is 1. The summed E-state index contributed by atoms with van der Waals surface area (Å²) in [4.78, 5) is 37.7. The monoisotopic (exact) mass is 280 g/mol. The number of urea groups is 1. The summed E-state index contributed by atoms with van der Waals surface area (Å²) < 4.78 is 0. The second kappa shape index (κ2) is 5.94. The lowest BCUT2D eigenvalue weighted by Crippen LogP contribution is -2.61. The molecule has 1 aliphatic heterocycles. The third kappa shape index (κ3) is 2.86. The van der Waals surface area contributed by atoms with Crippen molar-refractivity contribution in [3.05, 3.63) is 0 Å². The molecule has 0 bridgehead atoms. The SMILES string of the molecule is CCCC1C(=O)NC(=O)N(C2CC(C)CC(C)C2)C1=O. The molecule has 0 aromatic carbocycles. The first-order chi connectivity index (χ1) is 9.43. The molecule has 1 saturated carbocycles.